The predicted molar refractivity (Wildman–Crippen MR) is 90.3 cm³/mol. The van der Waals surface area contributed by atoms with Crippen molar-refractivity contribution in [1.29, 1.82) is 0 Å². The highest BCUT2D eigenvalue weighted by molar-refractivity contribution is 6.42. The number of halogens is 4. The molecule has 3 aromatic rings. The summed E-state index contributed by atoms with van der Waals surface area (Å²) >= 11 is 24.7. The number of hydrogen-bond acceptors (Lipinski definition) is 3. The van der Waals surface area contributed by atoms with E-state index in [1.807, 2.05) is 12.1 Å². The molecular formula is C14H10Cl4N4. The molecule has 0 aliphatic heterocycles. The van der Waals surface area contributed by atoms with Crippen molar-refractivity contribution < 1.29 is 0 Å². The summed E-state index contributed by atoms with van der Waals surface area (Å²) in [7, 11) is 1.77. The molecule has 1 aromatic carbocycles. The van der Waals surface area contributed by atoms with Gasteiger partial charge in [-0.15, -0.1) is 0 Å². The topological polar surface area (TPSA) is 43.6 Å². The second kappa shape index (κ2) is 5.85. The van der Waals surface area contributed by atoms with Gasteiger partial charge in [0, 0.05) is 13.5 Å². The largest absolute Gasteiger partial charge is 0.256 e. The van der Waals surface area contributed by atoms with Crippen LogP contribution in [0, 0.1) is 6.92 Å². The van der Waals surface area contributed by atoms with Gasteiger partial charge in [0.15, 0.2) is 10.3 Å². The molecule has 8 heteroatoms. The van der Waals surface area contributed by atoms with Crippen LogP contribution in [0.15, 0.2) is 12.1 Å². The van der Waals surface area contributed by atoms with Gasteiger partial charge in [-0.25, -0.2) is 4.98 Å². The van der Waals surface area contributed by atoms with Crippen LogP contribution >= 0.6 is 46.4 Å². The maximum Gasteiger partial charge on any atom is 0.152 e. The van der Waals surface area contributed by atoms with Gasteiger partial charge < -0.3 is 0 Å². The highest BCUT2D eigenvalue weighted by atomic mass is 35.5. The van der Waals surface area contributed by atoms with Crippen molar-refractivity contribution >= 4 is 57.3 Å². The van der Waals surface area contributed by atoms with Crippen molar-refractivity contribution in [2.45, 2.75) is 13.3 Å². The molecule has 0 N–H and O–H groups in total. The Morgan fingerprint density at radius 2 is 1.77 bits per heavy atom. The smallest absolute Gasteiger partial charge is 0.152 e. The first kappa shape index (κ1) is 15.8. The predicted octanol–water partition coefficient (Wildman–Crippen LogP) is 4.88. The van der Waals surface area contributed by atoms with Gasteiger partial charge in [0.25, 0.3) is 0 Å². The number of aromatic nitrogens is 4. The fraction of sp³-hybridized carbons (Fsp3) is 0.214. The number of fused-ring (bicyclic) bond motifs is 1. The van der Waals surface area contributed by atoms with Gasteiger partial charge >= 0.3 is 0 Å². The van der Waals surface area contributed by atoms with Gasteiger partial charge in [-0.1, -0.05) is 52.5 Å². The number of benzene rings is 1. The molecule has 114 valence electrons. The van der Waals surface area contributed by atoms with E-state index in [9.17, 15) is 0 Å². The number of hydrogen-bond donors (Lipinski definition) is 0. The molecule has 0 aliphatic carbocycles. The average Bonchev–Trinajstić information content (AvgIpc) is 2.75. The Bertz CT molecular complexity index is 888. The van der Waals surface area contributed by atoms with E-state index in [-0.39, 0.29) is 5.15 Å². The van der Waals surface area contributed by atoms with E-state index in [1.165, 1.54) is 0 Å². The van der Waals surface area contributed by atoms with Gasteiger partial charge in [-0.05, 0) is 18.6 Å². The molecule has 0 fully saturated rings. The summed E-state index contributed by atoms with van der Waals surface area (Å²) in [5.74, 6) is 0. The minimum Gasteiger partial charge on any atom is -0.256 e. The molecular weight excluding hydrogens is 366 g/mol. The van der Waals surface area contributed by atoms with Crippen LogP contribution in [0.3, 0.4) is 0 Å². The van der Waals surface area contributed by atoms with Crippen LogP contribution in [0.25, 0.3) is 10.9 Å². The fourth-order valence-electron chi connectivity index (χ4n) is 2.21. The highest BCUT2D eigenvalue weighted by Crippen LogP contribution is 2.34. The Morgan fingerprint density at radius 1 is 1.05 bits per heavy atom. The average molecular weight is 376 g/mol. The minimum absolute atomic E-state index is 0.268. The zero-order chi connectivity index (χ0) is 16.0. The van der Waals surface area contributed by atoms with Crippen LogP contribution in [0.2, 0.25) is 20.5 Å². The van der Waals surface area contributed by atoms with Crippen molar-refractivity contribution in [2.24, 2.45) is 7.05 Å². The number of nitrogens with zero attached hydrogens (tertiary/aromatic N) is 4. The first-order valence-corrected chi connectivity index (χ1v) is 7.87. The standard InChI is InChI=1S/C14H10Cl4N4/c1-6-12(16)20-13(17)9(19-6)5-7-3-4-8-10(11(7)15)14(18)22(2)21-8/h3-4H,5H2,1-2H3. The molecule has 0 atom stereocenters. The van der Waals surface area contributed by atoms with Gasteiger partial charge in [0.1, 0.15) is 5.15 Å². The van der Waals surface area contributed by atoms with E-state index in [4.69, 9.17) is 46.4 Å². The van der Waals surface area contributed by atoms with E-state index >= 15 is 0 Å². The first-order chi connectivity index (χ1) is 10.4. The van der Waals surface area contributed by atoms with E-state index in [0.717, 1.165) is 16.5 Å². The van der Waals surface area contributed by atoms with Crippen molar-refractivity contribution in [3.63, 3.8) is 0 Å². The summed E-state index contributed by atoms with van der Waals surface area (Å²) in [5.41, 5.74) is 2.83. The maximum atomic E-state index is 6.48. The summed E-state index contributed by atoms with van der Waals surface area (Å²) in [6.07, 6.45) is 0.434. The second-order valence-electron chi connectivity index (χ2n) is 4.86. The molecule has 0 saturated carbocycles. The van der Waals surface area contributed by atoms with Crippen LogP contribution in [0.1, 0.15) is 17.0 Å². The Hall–Kier alpha value is -1.07. The molecule has 2 aromatic heterocycles. The summed E-state index contributed by atoms with van der Waals surface area (Å²) in [6.45, 7) is 1.78. The summed E-state index contributed by atoms with van der Waals surface area (Å²) in [5, 5.41) is 6.61. The summed E-state index contributed by atoms with van der Waals surface area (Å²) in [6, 6.07) is 3.75. The lowest BCUT2D eigenvalue weighted by Crippen LogP contribution is -2.00. The Labute approximate surface area is 147 Å². The van der Waals surface area contributed by atoms with Crippen molar-refractivity contribution in [3.8, 4) is 0 Å². The minimum atomic E-state index is 0.268. The number of aryl methyl sites for hydroxylation is 2. The lowest BCUT2D eigenvalue weighted by Gasteiger charge is -2.08. The lowest BCUT2D eigenvalue weighted by molar-refractivity contribution is 0.780. The number of rotatable bonds is 2. The van der Waals surface area contributed by atoms with E-state index in [0.29, 0.717) is 33.1 Å². The third-order valence-electron chi connectivity index (χ3n) is 3.34. The molecule has 0 spiro atoms. The van der Waals surface area contributed by atoms with Crippen LogP contribution in [0.5, 0.6) is 0 Å². The molecule has 0 saturated heterocycles. The Morgan fingerprint density at radius 3 is 2.50 bits per heavy atom. The molecule has 3 rings (SSSR count). The molecule has 4 nitrogen and oxygen atoms in total. The van der Waals surface area contributed by atoms with Gasteiger partial charge in [-0.2, -0.15) is 5.10 Å². The van der Waals surface area contributed by atoms with E-state index in [1.54, 1.807) is 18.7 Å². The molecule has 2 heterocycles. The monoisotopic (exact) mass is 374 g/mol. The molecule has 0 bridgehead atoms. The van der Waals surface area contributed by atoms with E-state index in [2.05, 4.69) is 15.1 Å². The first-order valence-electron chi connectivity index (χ1n) is 6.36. The van der Waals surface area contributed by atoms with Gasteiger partial charge in [0.2, 0.25) is 0 Å². The van der Waals surface area contributed by atoms with Crippen LogP contribution in [-0.2, 0) is 13.5 Å². The van der Waals surface area contributed by atoms with Crippen molar-refractivity contribution in [3.05, 3.63) is 49.6 Å². The maximum absolute atomic E-state index is 6.48. The third kappa shape index (κ3) is 2.65. The third-order valence-corrected chi connectivity index (χ3v) is 4.87. The van der Waals surface area contributed by atoms with Crippen LogP contribution in [-0.4, -0.2) is 19.7 Å². The zero-order valence-electron chi connectivity index (χ0n) is 11.7. The SMILES string of the molecule is Cc1nc(Cc2ccc3nn(C)c(Cl)c3c2Cl)c(Cl)nc1Cl. The quantitative estimate of drug-likeness (QED) is 0.641. The van der Waals surface area contributed by atoms with Crippen molar-refractivity contribution in [2.75, 3.05) is 0 Å². The lowest BCUT2D eigenvalue weighted by atomic mass is 10.1. The van der Waals surface area contributed by atoms with Crippen LogP contribution in [0.4, 0.5) is 0 Å². The molecule has 0 amide bonds. The molecule has 0 radical (unpaired) electrons. The highest BCUT2D eigenvalue weighted by Gasteiger charge is 2.16. The molecule has 0 aliphatic rings. The summed E-state index contributed by atoms with van der Waals surface area (Å²) < 4.78 is 1.58. The van der Waals surface area contributed by atoms with Gasteiger partial charge in [-0.3, -0.25) is 9.67 Å². The molecule has 0 unspecified atom stereocenters. The van der Waals surface area contributed by atoms with Gasteiger partial charge in [0.05, 0.1) is 27.3 Å². The Balaban J connectivity index is 2.10. The van der Waals surface area contributed by atoms with Crippen LogP contribution < -0.4 is 0 Å². The molecule has 22 heavy (non-hydrogen) atoms. The fourth-order valence-corrected chi connectivity index (χ4v) is 3.17. The normalized spacial score (nSPS) is 11.4. The van der Waals surface area contributed by atoms with E-state index < -0.39 is 0 Å². The second-order valence-corrected chi connectivity index (χ2v) is 6.31. The summed E-state index contributed by atoms with van der Waals surface area (Å²) in [4.78, 5) is 8.44. The zero-order valence-corrected chi connectivity index (χ0v) is 14.7. The van der Waals surface area contributed by atoms with Crippen molar-refractivity contribution in [1.82, 2.24) is 19.7 Å². The Kier molecular flexibility index (Phi) is 4.21.